The summed E-state index contributed by atoms with van der Waals surface area (Å²) >= 11 is 5.94. The smallest absolute Gasteiger partial charge is 0.269 e. The van der Waals surface area contributed by atoms with Crippen LogP contribution in [0.1, 0.15) is 12.5 Å². The fraction of sp³-hybridized carbons (Fsp3) is 0.364. The number of non-ortho nitro benzene ring substituents is 1. The van der Waals surface area contributed by atoms with Gasteiger partial charge in [-0.05, 0) is 18.6 Å². The molecule has 0 aliphatic heterocycles. The van der Waals surface area contributed by atoms with Gasteiger partial charge in [0.25, 0.3) is 5.69 Å². The molecule has 2 N–H and O–H groups in total. The largest absolute Gasteiger partial charge is 0.340 e. The van der Waals surface area contributed by atoms with E-state index in [9.17, 15) is 14.9 Å². The molecule has 7 heteroatoms. The molecule has 1 amide bonds. The molecule has 0 spiro atoms. The second-order valence-electron chi connectivity index (χ2n) is 4.02. The van der Waals surface area contributed by atoms with Crippen molar-refractivity contribution in [1.82, 2.24) is 4.90 Å². The molecule has 0 bridgehead atoms. The van der Waals surface area contributed by atoms with Crippen molar-refractivity contribution in [1.29, 1.82) is 0 Å². The van der Waals surface area contributed by atoms with Crippen molar-refractivity contribution in [2.75, 3.05) is 7.05 Å². The molecule has 1 atom stereocenters. The van der Waals surface area contributed by atoms with Crippen LogP contribution in [0.2, 0.25) is 5.02 Å². The Morgan fingerprint density at radius 1 is 1.61 bits per heavy atom. The molecule has 1 aromatic carbocycles. The molecular weight excluding hydrogens is 258 g/mol. The van der Waals surface area contributed by atoms with Crippen molar-refractivity contribution in [2.45, 2.75) is 19.5 Å². The van der Waals surface area contributed by atoms with Crippen LogP contribution in [0, 0.1) is 10.1 Å². The normalized spacial score (nSPS) is 12.0. The standard InChI is InChI=1S/C11H14ClN3O3/c1-7(13)11(16)14(2)6-8-5-9(15(17)18)3-4-10(8)12/h3-5,7H,6,13H2,1-2H3. The molecule has 1 aromatic rings. The summed E-state index contributed by atoms with van der Waals surface area (Å²) in [6.45, 7) is 1.76. The Morgan fingerprint density at radius 3 is 2.72 bits per heavy atom. The van der Waals surface area contributed by atoms with Gasteiger partial charge in [0, 0.05) is 30.7 Å². The Hall–Kier alpha value is -1.66. The van der Waals surface area contributed by atoms with Gasteiger partial charge < -0.3 is 10.6 Å². The van der Waals surface area contributed by atoms with Gasteiger partial charge in [-0.25, -0.2) is 0 Å². The Bertz CT molecular complexity index is 477. The number of hydrogen-bond donors (Lipinski definition) is 1. The summed E-state index contributed by atoms with van der Waals surface area (Å²) in [6, 6.07) is 3.50. The van der Waals surface area contributed by atoms with Crippen molar-refractivity contribution >= 4 is 23.2 Å². The van der Waals surface area contributed by atoms with Gasteiger partial charge in [0.05, 0.1) is 11.0 Å². The average molecular weight is 272 g/mol. The van der Waals surface area contributed by atoms with Gasteiger partial charge in [-0.1, -0.05) is 11.6 Å². The minimum atomic E-state index is -0.618. The zero-order chi connectivity index (χ0) is 13.9. The SMILES string of the molecule is CC(N)C(=O)N(C)Cc1cc([N+](=O)[O-])ccc1Cl. The van der Waals surface area contributed by atoms with Crippen molar-refractivity contribution in [3.63, 3.8) is 0 Å². The Balaban J connectivity index is 2.93. The molecule has 0 aliphatic carbocycles. The van der Waals surface area contributed by atoms with Crippen LogP contribution in [-0.2, 0) is 11.3 Å². The summed E-state index contributed by atoms with van der Waals surface area (Å²) in [4.78, 5) is 23.1. The van der Waals surface area contributed by atoms with E-state index < -0.39 is 11.0 Å². The molecule has 98 valence electrons. The molecule has 6 nitrogen and oxygen atoms in total. The lowest BCUT2D eigenvalue weighted by Gasteiger charge is -2.19. The van der Waals surface area contributed by atoms with E-state index in [0.29, 0.717) is 10.6 Å². The number of nitrogens with zero attached hydrogens (tertiary/aromatic N) is 2. The zero-order valence-electron chi connectivity index (χ0n) is 10.1. The first-order valence-electron chi connectivity index (χ1n) is 5.26. The van der Waals surface area contributed by atoms with E-state index in [4.69, 9.17) is 17.3 Å². The summed E-state index contributed by atoms with van der Waals surface area (Å²) in [5, 5.41) is 11.0. The zero-order valence-corrected chi connectivity index (χ0v) is 10.8. The number of nitro groups is 1. The number of hydrogen-bond acceptors (Lipinski definition) is 4. The number of amides is 1. The maximum Gasteiger partial charge on any atom is 0.269 e. The van der Waals surface area contributed by atoms with E-state index in [1.807, 2.05) is 0 Å². The first-order valence-corrected chi connectivity index (χ1v) is 5.64. The topological polar surface area (TPSA) is 89.5 Å². The summed E-state index contributed by atoms with van der Waals surface area (Å²) in [7, 11) is 1.57. The third kappa shape index (κ3) is 3.41. The van der Waals surface area contributed by atoms with Gasteiger partial charge in [0.15, 0.2) is 0 Å². The van der Waals surface area contributed by atoms with E-state index in [0.717, 1.165) is 0 Å². The van der Waals surface area contributed by atoms with Crippen LogP contribution in [0.15, 0.2) is 18.2 Å². The maximum atomic E-state index is 11.6. The number of likely N-dealkylation sites (N-methyl/N-ethyl adjacent to an activating group) is 1. The molecule has 1 unspecified atom stereocenters. The van der Waals surface area contributed by atoms with Crippen molar-refractivity contribution in [3.8, 4) is 0 Å². The summed E-state index contributed by atoms with van der Waals surface area (Å²) in [5.74, 6) is -0.252. The Labute approximate surface area is 109 Å². The first kappa shape index (κ1) is 14.4. The van der Waals surface area contributed by atoms with Crippen LogP contribution < -0.4 is 5.73 Å². The molecule has 0 saturated carbocycles. The predicted molar refractivity (Wildman–Crippen MR) is 68.2 cm³/mol. The minimum Gasteiger partial charge on any atom is -0.340 e. The second-order valence-corrected chi connectivity index (χ2v) is 4.42. The lowest BCUT2D eigenvalue weighted by atomic mass is 10.2. The fourth-order valence-electron chi connectivity index (χ4n) is 1.48. The lowest BCUT2D eigenvalue weighted by molar-refractivity contribution is -0.384. The number of nitro benzene ring substituents is 1. The van der Waals surface area contributed by atoms with Crippen LogP contribution in [0.25, 0.3) is 0 Å². The van der Waals surface area contributed by atoms with Crippen LogP contribution in [0.4, 0.5) is 5.69 Å². The number of benzene rings is 1. The highest BCUT2D eigenvalue weighted by Gasteiger charge is 2.16. The molecule has 0 fully saturated rings. The highest BCUT2D eigenvalue weighted by Crippen LogP contribution is 2.23. The number of rotatable bonds is 4. The van der Waals surface area contributed by atoms with E-state index >= 15 is 0 Å². The van der Waals surface area contributed by atoms with Crippen LogP contribution in [-0.4, -0.2) is 28.8 Å². The van der Waals surface area contributed by atoms with Gasteiger partial charge in [-0.3, -0.25) is 14.9 Å². The minimum absolute atomic E-state index is 0.0592. The molecule has 18 heavy (non-hydrogen) atoms. The Kier molecular flexibility index (Phi) is 4.63. The third-order valence-corrected chi connectivity index (χ3v) is 2.78. The van der Waals surface area contributed by atoms with Gasteiger partial charge >= 0.3 is 0 Å². The van der Waals surface area contributed by atoms with Gasteiger partial charge in [-0.15, -0.1) is 0 Å². The van der Waals surface area contributed by atoms with E-state index in [-0.39, 0.29) is 18.1 Å². The molecule has 0 saturated heterocycles. The predicted octanol–water partition coefficient (Wildman–Crippen LogP) is 1.55. The third-order valence-electron chi connectivity index (χ3n) is 2.41. The number of carbonyl (C=O) groups is 1. The molecule has 1 rings (SSSR count). The summed E-state index contributed by atoms with van der Waals surface area (Å²) < 4.78 is 0. The molecule has 0 aliphatic rings. The van der Waals surface area contributed by atoms with Crippen molar-refractivity contribution in [2.24, 2.45) is 5.73 Å². The highest BCUT2D eigenvalue weighted by molar-refractivity contribution is 6.31. The summed E-state index contributed by atoms with van der Waals surface area (Å²) in [5.41, 5.74) is 5.93. The average Bonchev–Trinajstić information content (AvgIpc) is 2.30. The highest BCUT2D eigenvalue weighted by atomic mass is 35.5. The van der Waals surface area contributed by atoms with Crippen LogP contribution >= 0.6 is 11.6 Å². The number of nitrogens with two attached hydrogens (primary N) is 1. The number of halogens is 1. The molecule has 0 aromatic heterocycles. The van der Waals surface area contributed by atoms with Gasteiger partial charge in [-0.2, -0.15) is 0 Å². The molecule has 0 heterocycles. The molecule has 0 radical (unpaired) electrons. The van der Waals surface area contributed by atoms with E-state index in [1.54, 1.807) is 14.0 Å². The molecular formula is C11H14ClN3O3. The maximum absolute atomic E-state index is 11.6. The van der Waals surface area contributed by atoms with Crippen molar-refractivity contribution in [3.05, 3.63) is 38.9 Å². The monoisotopic (exact) mass is 271 g/mol. The van der Waals surface area contributed by atoms with E-state index in [2.05, 4.69) is 0 Å². The van der Waals surface area contributed by atoms with Gasteiger partial charge in [0.2, 0.25) is 5.91 Å². The first-order chi connectivity index (χ1) is 8.32. The van der Waals surface area contributed by atoms with Crippen LogP contribution in [0.5, 0.6) is 0 Å². The fourth-order valence-corrected chi connectivity index (χ4v) is 1.65. The van der Waals surface area contributed by atoms with Gasteiger partial charge in [0.1, 0.15) is 0 Å². The second kappa shape index (κ2) is 5.79. The summed E-state index contributed by atoms with van der Waals surface area (Å²) in [6.07, 6.45) is 0. The number of carbonyl (C=O) groups excluding carboxylic acids is 1. The Morgan fingerprint density at radius 2 is 2.22 bits per heavy atom. The lowest BCUT2D eigenvalue weighted by Crippen LogP contribution is -2.39. The van der Waals surface area contributed by atoms with Crippen molar-refractivity contribution < 1.29 is 9.72 Å². The van der Waals surface area contributed by atoms with E-state index in [1.165, 1.54) is 23.1 Å². The quantitative estimate of drug-likeness (QED) is 0.665. The van der Waals surface area contributed by atoms with Crippen LogP contribution in [0.3, 0.4) is 0 Å².